The van der Waals surface area contributed by atoms with Gasteiger partial charge in [0.1, 0.15) is 6.10 Å². The predicted octanol–water partition coefficient (Wildman–Crippen LogP) is 5.28. The lowest BCUT2D eigenvalue weighted by Gasteiger charge is -2.62. The molecule has 4 aliphatic carbocycles. The van der Waals surface area contributed by atoms with Crippen molar-refractivity contribution in [1.82, 2.24) is 21.3 Å². The van der Waals surface area contributed by atoms with Crippen molar-refractivity contribution >= 4 is 35.6 Å². The van der Waals surface area contributed by atoms with Gasteiger partial charge in [-0.1, -0.05) is 40.0 Å². The molecule has 6 rings (SSSR count). The molecule has 0 spiro atoms. The van der Waals surface area contributed by atoms with Crippen LogP contribution in [0.2, 0.25) is 0 Å². The number of nitrogens with one attached hydrogen (secondary N) is 4. The molecule has 7 unspecified atom stereocenters. The summed E-state index contributed by atoms with van der Waals surface area (Å²) in [6.07, 6.45) is 16.0. The summed E-state index contributed by atoms with van der Waals surface area (Å²) >= 11 is 1.91. The predicted molar refractivity (Wildman–Crippen MR) is 197 cm³/mol. The van der Waals surface area contributed by atoms with Gasteiger partial charge in [0, 0.05) is 49.4 Å². The smallest absolute Gasteiger partial charge is 0.315 e. The molecule has 10 nitrogen and oxygen atoms in total. The van der Waals surface area contributed by atoms with Gasteiger partial charge in [0.15, 0.2) is 0 Å². The summed E-state index contributed by atoms with van der Waals surface area (Å²) in [7, 11) is 0. The van der Waals surface area contributed by atoms with Crippen LogP contribution in [0.25, 0.3) is 0 Å². The minimum absolute atomic E-state index is 0.0132. The van der Waals surface area contributed by atoms with E-state index in [-0.39, 0.29) is 47.4 Å². The van der Waals surface area contributed by atoms with Gasteiger partial charge in [0.25, 0.3) is 0 Å². The van der Waals surface area contributed by atoms with Gasteiger partial charge in [-0.15, -0.1) is 0 Å². The normalized spacial score (nSPS) is 39.2. The summed E-state index contributed by atoms with van der Waals surface area (Å²) in [6.45, 7) is 8.67. The molecule has 0 radical (unpaired) electrons. The Hall–Kier alpha value is -2.01. The van der Waals surface area contributed by atoms with Crippen molar-refractivity contribution in [2.75, 3.05) is 25.4 Å². The van der Waals surface area contributed by atoms with E-state index in [9.17, 15) is 19.2 Å². The van der Waals surface area contributed by atoms with Crippen molar-refractivity contribution in [2.45, 2.75) is 147 Å². The summed E-state index contributed by atoms with van der Waals surface area (Å²) < 4.78 is 6.33. The molecule has 282 valence electrons. The lowest BCUT2D eigenvalue weighted by Crippen LogP contribution is -2.58. The molecular weight excluding hydrogens is 651 g/mol. The minimum atomic E-state index is -0.122. The lowest BCUT2D eigenvalue weighted by atomic mass is 9.44. The van der Waals surface area contributed by atoms with Gasteiger partial charge in [-0.3, -0.25) is 14.4 Å². The zero-order valence-corrected chi connectivity index (χ0v) is 31.8. The van der Waals surface area contributed by atoms with E-state index in [4.69, 9.17) is 10.5 Å². The van der Waals surface area contributed by atoms with Crippen LogP contribution in [-0.4, -0.2) is 72.6 Å². The van der Waals surface area contributed by atoms with E-state index in [0.717, 1.165) is 37.9 Å². The van der Waals surface area contributed by atoms with Crippen LogP contribution in [0.5, 0.6) is 0 Å². The van der Waals surface area contributed by atoms with Crippen LogP contribution in [0.3, 0.4) is 0 Å². The topological polar surface area (TPSA) is 152 Å². The first-order chi connectivity index (χ1) is 24.0. The van der Waals surface area contributed by atoms with Gasteiger partial charge in [0.05, 0.1) is 18.5 Å². The lowest BCUT2D eigenvalue weighted by molar-refractivity contribution is -0.190. The quantitative estimate of drug-likeness (QED) is 0.0880. The number of esters is 1. The molecule has 6 N–H and O–H groups in total. The van der Waals surface area contributed by atoms with E-state index in [2.05, 4.69) is 42.0 Å². The van der Waals surface area contributed by atoms with Gasteiger partial charge in [-0.05, 0) is 105 Å². The van der Waals surface area contributed by atoms with Crippen LogP contribution in [0.4, 0.5) is 4.79 Å². The second kappa shape index (κ2) is 16.3. The summed E-state index contributed by atoms with van der Waals surface area (Å²) in [5.41, 5.74) is 6.31. The Morgan fingerprint density at radius 2 is 1.70 bits per heavy atom. The monoisotopic (exact) mass is 715 g/mol. The number of unbranched alkanes of at least 4 members (excludes halogenated alkanes) is 1. The second-order valence-electron chi connectivity index (χ2n) is 17.4. The van der Waals surface area contributed by atoms with Crippen molar-refractivity contribution < 1.29 is 23.9 Å². The maximum Gasteiger partial charge on any atom is 0.315 e. The molecule has 0 aromatic carbocycles. The molecule has 0 aromatic heterocycles. The fourth-order valence-corrected chi connectivity index (χ4v) is 13.6. The van der Waals surface area contributed by atoms with Gasteiger partial charge < -0.3 is 31.7 Å². The number of thioether (sulfide) groups is 1. The summed E-state index contributed by atoms with van der Waals surface area (Å²) in [5.74, 6) is 4.20. The number of hydrogen-bond donors (Lipinski definition) is 5. The van der Waals surface area contributed by atoms with Crippen molar-refractivity contribution in [3.8, 4) is 0 Å². The van der Waals surface area contributed by atoms with Crippen molar-refractivity contribution in [2.24, 2.45) is 52.1 Å². The molecule has 2 aliphatic heterocycles. The molecule has 6 fully saturated rings. The van der Waals surface area contributed by atoms with E-state index in [1.165, 1.54) is 51.4 Å². The van der Waals surface area contributed by atoms with Gasteiger partial charge in [0.2, 0.25) is 11.8 Å². The van der Waals surface area contributed by atoms with Crippen molar-refractivity contribution in [3.63, 3.8) is 0 Å². The number of amides is 4. The number of carbonyl (C=O) groups excluding carboxylic acids is 4. The molecule has 4 amide bonds. The van der Waals surface area contributed by atoms with Crippen LogP contribution in [0, 0.1) is 46.3 Å². The molecule has 4 saturated carbocycles. The van der Waals surface area contributed by atoms with E-state index in [1.807, 2.05) is 11.8 Å². The highest BCUT2D eigenvalue weighted by Gasteiger charge is 2.63. The first-order valence-corrected chi connectivity index (χ1v) is 21.2. The van der Waals surface area contributed by atoms with Gasteiger partial charge in [-0.25, -0.2) is 4.79 Å². The average Bonchev–Trinajstić information content (AvgIpc) is 3.76. The molecule has 11 heteroatoms. The summed E-state index contributed by atoms with van der Waals surface area (Å²) in [5, 5.41) is 12.4. The zero-order valence-electron chi connectivity index (χ0n) is 30.9. The number of carbonyl (C=O) groups is 4. The number of fused-ring (bicyclic) bond motifs is 6. The van der Waals surface area contributed by atoms with E-state index < -0.39 is 0 Å². The molecule has 6 aliphatic rings. The Bertz CT molecular complexity index is 1240. The Kier molecular flexibility index (Phi) is 12.3. The third kappa shape index (κ3) is 7.98. The van der Waals surface area contributed by atoms with Crippen molar-refractivity contribution in [3.05, 3.63) is 0 Å². The van der Waals surface area contributed by atoms with Crippen molar-refractivity contribution in [1.29, 1.82) is 0 Å². The third-order valence-corrected chi connectivity index (χ3v) is 16.2. The number of nitrogens with two attached hydrogens (primary N) is 1. The van der Waals surface area contributed by atoms with E-state index >= 15 is 0 Å². The standard InChI is InChI=1S/C39H65N5O5S/c1-24(11-14-33(46)42-21-20-41-32(45)10-5-4-9-31-36-29(23-50-31)43-37(48)44-36)26-12-13-27-35-28(15-18-39(26,27)3)38(2)17-7-6-8-25(38)22-30(35)49-34(47)16-19-40/h24-31,35-36H,4-23,40H2,1-3H3,(H,41,45)(H,42,46)(H2,43,44,48)/t24-,25?,26?,27?,28?,29?,30-,31+,35?,36?,38+,39-/m1/s1. The zero-order chi connectivity index (χ0) is 35.5. The second-order valence-corrected chi connectivity index (χ2v) is 18.6. The molecule has 2 heterocycles. The Labute approximate surface area is 304 Å². The summed E-state index contributed by atoms with van der Waals surface area (Å²) in [4.78, 5) is 49.6. The average molecular weight is 716 g/mol. The molecule has 0 bridgehead atoms. The molecule has 0 aromatic rings. The SMILES string of the molecule is C[C@H](CCC(=O)NCCNC(=O)CCCC[C@@H]1SCC2NC(=O)NC21)C1CCC2C3C(CC[C@@]21C)[C@@]1(C)CCCCC1C[C@H]3OC(=O)CCN. The maximum atomic E-state index is 12.8. The van der Waals surface area contributed by atoms with E-state index in [0.29, 0.717) is 85.1 Å². The Morgan fingerprint density at radius 3 is 2.48 bits per heavy atom. The maximum absolute atomic E-state index is 12.8. The molecule has 50 heavy (non-hydrogen) atoms. The minimum Gasteiger partial charge on any atom is -0.462 e. The van der Waals surface area contributed by atoms with Crippen LogP contribution in [0.15, 0.2) is 0 Å². The largest absolute Gasteiger partial charge is 0.462 e. The first kappa shape index (κ1) is 37.7. The first-order valence-electron chi connectivity index (χ1n) is 20.1. The van der Waals surface area contributed by atoms with Crippen LogP contribution in [0.1, 0.15) is 124 Å². The highest BCUT2D eigenvalue weighted by molar-refractivity contribution is 8.00. The number of urea groups is 1. The fourth-order valence-electron chi connectivity index (χ4n) is 12.1. The van der Waals surface area contributed by atoms with Crippen LogP contribution < -0.4 is 27.0 Å². The van der Waals surface area contributed by atoms with Gasteiger partial charge in [-0.2, -0.15) is 11.8 Å². The molecule has 12 atom stereocenters. The highest BCUT2D eigenvalue weighted by Crippen LogP contribution is 2.68. The Balaban J connectivity index is 0.916. The molecule has 2 saturated heterocycles. The fraction of sp³-hybridized carbons (Fsp3) is 0.897. The number of hydrogen-bond acceptors (Lipinski definition) is 7. The van der Waals surface area contributed by atoms with Gasteiger partial charge >= 0.3 is 12.0 Å². The van der Waals surface area contributed by atoms with E-state index in [1.54, 1.807) is 0 Å². The third-order valence-electron chi connectivity index (χ3n) is 14.6. The molecular formula is C39H65N5O5S. The summed E-state index contributed by atoms with van der Waals surface area (Å²) in [6, 6.07) is 0.389. The highest BCUT2D eigenvalue weighted by atomic mass is 32.2. The Morgan fingerprint density at radius 1 is 0.940 bits per heavy atom. The van der Waals surface area contributed by atoms with Crippen LogP contribution >= 0.6 is 11.8 Å². The van der Waals surface area contributed by atoms with Crippen LogP contribution in [-0.2, 0) is 19.1 Å². The number of ether oxygens (including phenoxy) is 1. The number of rotatable bonds is 15.